The van der Waals surface area contributed by atoms with Crippen molar-refractivity contribution in [3.8, 4) is 5.75 Å². The number of oxime groups is 1. The lowest BCUT2D eigenvalue weighted by atomic mass is 10.1. The molecule has 0 aromatic heterocycles. The number of benzene rings is 2. The highest BCUT2D eigenvalue weighted by molar-refractivity contribution is 6.30. The first-order valence-corrected chi connectivity index (χ1v) is 6.85. The van der Waals surface area contributed by atoms with Gasteiger partial charge in [0.05, 0.1) is 5.56 Å². The van der Waals surface area contributed by atoms with Crippen LogP contribution in [0.25, 0.3) is 0 Å². The van der Waals surface area contributed by atoms with Crippen molar-refractivity contribution in [2.24, 2.45) is 10.9 Å². The Morgan fingerprint density at radius 3 is 2.62 bits per heavy atom. The first-order valence-electron chi connectivity index (χ1n) is 6.47. The number of ether oxygens (including phenoxy) is 1. The molecule has 5 heteroatoms. The summed E-state index contributed by atoms with van der Waals surface area (Å²) in [7, 11) is 0. The summed E-state index contributed by atoms with van der Waals surface area (Å²) in [6.45, 7) is 4.50. The lowest BCUT2D eigenvalue weighted by molar-refractivity contribution is 0.303. The summed E-state index contributed by atoms with van der Waals surface area (Å²) in [5, 5.41) is 12.3. The molecule has 0 radical (unpaired) electrons. The molecule has 0 aliphatic heterocycles. The quantitative estimate of drug-likeness (QED) is 0.392. The van der Waals surface area contributed by atoms with Crippen molar-refractivity contribution in [1.82, 2.24) is 0 Å². The number of rotatable bonds is 4. The maximum Gasteiger partial charge on any atom is 0.173 e. The molecule has 0 saturated heterocycles. The van der Waals surface area contributed by atoms with E-state index < -0.39 is 0 Å². The standard InChI is InChI=1S/C16H17ClN2O2/c1-10-3-4-12(7-11(10)2)9-21-15-8-13(17)5-6-14(15)16(18)19-20/h3-8,20H,9H2,1-2H3,(H2,18,19). The van der Waals surface area contributed by atoms with Gasteiger partial charge in [-0.1, -0.05) is 35.0 Å². The Morgan fingerprint density at radius 2 is 1.95 bits per heavy atom. The number of nitrogens with two attached hydrogens (primary N) is 1. The Hall–Kier alpha value is -2.20. The third-order valence-electron chi connectivity index (χ3n) is 3.29. The molecule has 0 fully saturated rings. The summed E-state index contributed by atoms with van der Waals surface area (Å²) in [6, 6.07) is 11.1. The summed E-state index contributed by atoms with van der Waals surface area (Å²) in [6.07, 6.45) is 0. The van der Waals surface area contributed by atoms with Crippen LogP contribution >= 0.6 is 11.6 Å². The number of hydrogen-bond donors (Lipinski definition) is 2. The highest BCUT2D eigenvalue weighted by Gasteiger charge is 2.09. The fourth-order valence-electron chi connectivity index (χ4n) is 1.94. The van der Waals surface area contributed by atoms with Crippen molar-refractivity contribution < 1.29 is 9.94 Å². The van der Waals surface area contributed by atoms with Crippen molar-refractivity contribution in [1.29, 1.82) is 0 Å². The predicted molar refractivity (Wildman–Crippen MR) is 84.2 cm³/mol. The zero-order chi connectivity index (χ0) is 15.4. The number of nitrogens with zero attached hydrogens (tertiary/aromatic N) is 1. The van der Waals surface area contributed by atoms with Gasteiger partial charge in [0.2, 0.25) is 0 Å². The van der Waals surface area contributed by atoms with E-state index in [1.165, 1.54) is 11.1 Å². The molecule has 2 rings (SSSR count). The molecule has 110 valence electrons. The van der Waals surface area contributed by atoms with E-state index >= 15 is 0 Å². The lowest BCUT2D eigenvalue weighted by Gasteiger charge is -2.12. The predicted octanol–water partition coefficient (Wildman–Crippen LogP) is 3.63. The zero-order valence-electron chi connectivity index (χ0n) is 11.9. The highest BCUT2D eigenvalue weighted by atomic mass is 35.5. The molecule has 0 heterocycles. The lowest BCUT2D eigenvalue weighted by Crippen LogP contribution is -2.14. The normalized spacial score (nSPS) is 11.5. The van der Waals surface area contributed by atoms with Crippen LogP contribution in [0.4, 0.5) is 0 Å². The SMILES string of the molecule is Cc1ccc(COc2cc(Cl)ccc2/C(N)=N/O)cc1C. The van der Waals surface area contributed by atoms with Gasteiger partial charge in [-0.2, -0.15) is 0 Å². The van der Waals surface area contributed by atoms with Crippen LogP contribution in [0.5, 0.6) is 5.75 Å². The Balaban J connectivity index is 2.22. The third kappa shape index (κ3) is 3.67. The van der Waals surface area contributed by atoms with Crippen molar-refractivity contribution in [2.45, 2.75) is 20.5 Å². The Labute approximate surface area is 128 Å². The number of halogens is 1. The fraction of sp³-hybridized carbons (Fsp3) is 0.188. The minimum absolute atomic E-state index is 0.0123. The molecule has 0 saturated carbocycles. The van der Waals surface area contributed by atoms with E-state index in [0.717, 1.165) is 5.56 Å². The van der Waals surface area contributed by atoms with E-state index in [1.54, 1.807) is 18.2 Å². The second kappa shape index (κ2) is 6.50. The summed E-state index contributed by atoms with van der Waals surface area (Å²) in [5.41, 5.74) is 9.63. The van der Waals surface area contributed by atoms with Crippen LogP contribution in [0, 0.1) is 13.8 Å². The van der Waals surface area contributed by atoms with Crippen molar-refractivity contribution in [3.63, 3.8) is 0 Å². The molecular weight excluding hydrogens is 288 g/mol. The van der Waals surface area contributed by atoms with Gasteiger partial charge in [0.1, 0.15) is 12.4 Å². The first-order chi connectivity index (χ1) is 10.0. The Bertz CT molecular complexity index is 684. The van der Waals surface area contributed by atoms with Crippen LogP contribution in [-0.2, 0) is 6.61 Å². The van der Waals surface area contributed by atoms with Crippen molar-refractivity contribution in [2.75, 3.05) is 0 Å². The van der Waals surface area contributed by atoms with Gasteiger partial charge in [-0.15, -0.1) is 0 Å². The molecule has 0 amide bonds. The molecule has 21 heavy (non-hydrogen) atoms. The van der Waals surface area contributed by atoms with E-state index in [9.17, 15) is 0 Å². The van der Waals surface area contributed by atoms with Crippen LogP contribution in [0.2, 0.25) is 5.02 Å². The average molecular weight is 305 g/mol. The molecule has 0 aliphatic rings. The smallest absolute Gasteiger partial charge is 0.173 e. The van der Waals surface area contributed by atoms with Gasteiger partial charge in [-0.25, -0.2) is 0 Å². The minimum Gasteiger partial charge on any atom is -0.488 e. The molecule has 4 nitrogen and oxygen atoms in total. The Morgan fingerprint density at radius 1 is 1.19 bits per heavy atom. The minimum atomic E-state index is -0.0123. The fourth-order valence-corrected chi connectivity index (χ4v) is 2.10. The van der Waals surface area contributed by atoms with Gasteiger partial charge in [-0.3, -0.25) is 0 Å². The van der Waals surface area contributed by atoms with Crippen LogP contribution in [-0.4, -0.2) is 11.0 Å². The van der Waals surface area contributed by atoms with Gasteiger partial charge in [0.15, 0.2) is 5.84 Å². The number of amidine groups is 1. The maximum absolute atomic E-state index is 8.81. The van der Waals surface area contributed by atoms with E-state index in [1.807, 2.05) is 6.07 Å². The van der Waals surface area contributed by atoms with Gasteiger partial charge in [0.25, 0.3) is 0 Å². The highest BCUT2D eigenvalue weighted by Crippen LogP contribution is 2.24. The second-order valence-corrected chi connectivity index (χ2v) is 5.27. The summed E-state index contributed by atoms with van der Waals surface area (Å²) < 4.78 is 5.77. The van der Waals surface area contributed by atoms with Gasteiger partial charge < -0.3 is 15.7 Å². The van der Waals surface area contributed by atoms with Crippen molar-refractivity contribution >= 4 is 17.4 Å². The molecule has 0 atom stereocenters. The Kier molecular flexibility index (Phi) is 4.70. The maximum atomic E-state index is 8.81. The van der Waals surface area contributed by atoms with Crippen LogP contribution in [0.3, 0.4) is 0 Å². The summed E-state index contributed by atoms with van der Waals surface area (Å²) >= 11 is 5.97. The topological polar surface area (TPSA) is 67.8 Å². The molecule has 0 bridgehead atoms. The second-order valence-electron chi connectivity index (χ2n) is 4.83. The van der Waals surface area contributed by atoms with Gasteiger partial charge in [0, 0.05) is 5.02 Å². The van der Waals surface area contributed by atoms with E-state index in [0.29, 0.717) is 22.9 Å². The van der Waals surface area contributed by atoms with Crippen LogP contribution in [0.1, 0.15) is 22.3 Å². The third-order valence-corrected chi connectivity index (χ3v) is 3.53. The van der Waals surface area contributed by atoms with Crippen molar-refractivity contribution in [3.05, 3.63) is 63.7 Å². The van der Waals surface area contributed by atoms with Crippen LogP contribution < -0.4 is 10.5 Å². The van der Waals surface area contributed by atoms with Gasteiger partial charge in [-0.05, 0) is 48.7 Å². The molecule has 0 unspecified atom stereocenters. The number of aryl methyl sites for hydroxylation is 2. The molecule has 2 aromatic rings. The zero-order valence-corrected chi connectivity index (χ0v) is 12.7. The van der Waals surface area contributed by atoms with E-state index in [-0.39, 0.29) is 5.84 Å². The van der Waals surface area contributed by atoms with E-state index in [4.69, 9.17) is 27.3 Å². The summed E-state index contributed by atoms with van der Waals surface area (Å²) in [4.78, 5) is 0. The molecule has 3 N–H and O–H groups in total. The molecule has 0 spiro atoms. The molecule has 0 aliphatic carbocycles. The van der Waals surface area contributed by atoms with Gasteiger partial charge >= 0.3 is 0 Å². The molecule has 2 aromatic carbocycles. The number of hydrogen-bond acceptors (Lipinski definition) is 3. The summed E-state index contributed by atoms with van der Waals surface area (Å²) in [5.74, 6) is 0.470. The first kappa shape index (κ1) is 15.2. The molecular formula is C16H17ClN2O2. The monoisotopic (exact) mass is 304 g/mol. The van der Waals surface area contributed by atoms with Crippen LogP contribution in [0.15, 0.2) is 41.6 Å². The average Bonchev–Trinajstić information content (AvgIpc) is 2.48. The van der Waals surface area contributed by atoms with E-state index in [2.05, 4.69) is 31.1 Å². The largest absolute Gasteiger partial charge is 0.488 e.